The van der Waals surface area contributed by atoms with Crippen LogP contribution in [0.15, 0.2) is 60.4 Å². The third kappa shape index (κ3) is 3.86. The molecule has 0 saturated carbocycles. The maximum atomic E-state index is 12.7. The molecule has 0 fully saturated rings. The molecule has 4 heteroatoms. The Morgan fingerprint density at radius 1 is 1.09 bits per heavy atom. The average Bonchev–Trinajstić information content (AvgIpc) is 2.55. The molecule has 4 nitrogen and oxygen atoms in total. The van der Waals surface area contributed by atoms with Crippen LogP contribution >= 0.6 is 0 Å². The van der Waals surface area contributed by atoms with E-state index in [4.69, 9.17) is 4.74 Å². The first-order chi connectivity index (χ1) is 11.0. The van der Waals surface area contributed by atoms with Gasteiger partial charge in [-0.1, -0.05) is 36.4 Å². The molecule has 2 rings (SSSR count). The Labute approximate surface area is 135 Å². The van der Waals surface area contributed by atoms with E-state index in [1.807, 2.05) is 0 Å². The number of rotatable bonds is 6. The fourth-order valence-electron chi connectivity index (χ4n) is 2.10. The highest BCUT2D eigenvalue weighted by molar-refractivity contribution is 6.31. The number of ketones is 2. The number of Topliss-reactive ketones (excluding diaryl/α,β-unsaturated/α-hetero) is 2. The Morgan fingerprint density at radius 3 is 2.39 bits per heavy atom. The van der Waals surface area contributed by atoms with Gasteiger partial charge in [-0.3, -0.25) is 9.59 Å². The van der Waals surface area contributed by atoms with Crippen molar-refractivity contribution in [3.63, 3.8) is 0 Å². The van der Waals surface area contributed by atoms with Gasteiger partial charge in [0.2, 0.25) is 5.78 Å². The molecule has 0 aliphatic rings. The maximum Gasteiger partial charge on any atom is 0.203 e. The highest BCUT2D eigenvalue weighted by atomic mass is 16.5. The van der Waals surface area contributed by atoms with Crippen molar-refractivity contribution < 1.29 is 19.4 Å². The van der Waals surface area contributed by atoms with E-state index in [0.717, 1.165) is 11.8 Å². The molecule has 0 spiro atoms. The van der Waals surface area contributed by atoms with Crippen LogP contribution in [0.3, 0.4) is 0 Å². The molecule has 0 aliphatic heterocycles. The van der Waals surface area contributed by atoms with Crippen LogP contribution in [0.1, 0.15) is 33.2 Å². The third-order valence-electron chi connectivity index (χ3n) is 3.29. The topological polar surface area (TPSA) is 63.6 Å². The average molecular weight is 310 g/mol. The minimum atomic E-state index is -0.565. The lowest BCUT2D eigenvalue weighted by molar-refractivity contribution is 0.0953. The van der Waals surface area contributed by atoms with Crippen molar-refractivity contribution >= 4 is 11.6 Å². The number of hydrogen-bond acceptors (Lipinski definition) is 4. The van der Waals surface area contributed by atoms with Crippen LogP contribution in [-0.2, 0) is 4.74 Å². The monoisotopic (exact) mass is 310 g/mol. The molecular formula is C19H18O4. The summed E-state index contributed by atoms with van der Waals surface area (Å²) in [6.45, 7) is 3.90. The first kappa shape index (κ1) is 16.5. The zero-order valence-electron chi connectivity index (χ0n) is 13.1. The second kappa shape index (κ2) is 7.40. The third-order valence-corrected chi connectivity index (χ3v) is 3.29. The van der Waals surface area contributed by atoms with Crippen LogP contribution in [0, 0.1) is 6.92 Å². The van der Waals surface area contributed by atoms with Crippen molar-refractivity contribution in [2.24, 2.45) is 0 Å². The fourth-order valence-corrected chi connectivity index (χ4v) is 2.10. The lowest BCUT2D eigenvalue weighted by Crippen LogP contribution is -2.14. The van der Waals surface area contributed by atoms with Crippen molar-refractivity contribution in [3.05, 3.63) is 77.1 Å². The van der Waals surface area contributed by atoms with Crippen molar-refractivity contribution in [1.82, 2.24) is 0 Å². The van der Waals surface area contributed by atoms with E-state index in [9.17, 15) is 14.7 Å². The number of ether oxygens (including phenoxy) is 1. The molecule has 2 aromatic rings. The molecule has 118 valence electrons. The van der Waals surface area contributed by atoms with Gasteiger partial charge in [-0.25, -0.2) is 0 Å². The van der Waals surface area contributed by atoms with Crippen LogP contribution < -0.4 is 0 Å². The van der Waals surface area contributed by atoms with Gasteiger partial charge in [0.25, 0.3) is 0 Å². The van der Waals surface area contributed by atoms with Crippen molar-refractivity contribution in [2.45, 2.75) is 13.8 Å². The number of aryl methyl sites for hydroxylation is 1. The molecule has 1 N–H and O–H groups in total. The Kier molecular flexibility index (Phi) is 5.31. The Balaban J connectivity index is 2.43. The quantitative estimate of drug-likeness (QED) is 0.290. The summed E-state index contributed by atoms with van der Waals surface area (Å²) in [5.41, 5.74) is 1.17. The molecule has 0 unspecified atom stereocenters. The second-order valence-corrected chi connectivity index (χ2v) is 5.03. The number of carbonyl (C=O) groups is 2. The minimum absolute atomic E-state index is 0.0748. The lowest BCUT2D eigenvalue weighted by atomic mass is 9.95. The molecule has 0 amide bonds. The van der Waals surface area contributed by atoms with Gasteiger partial charge < -0.3 is 9.84 Å². The van der Waals surface area contributed by atoms with E-state index in [1.165, 1.54) is 12.1 Å². The molecule has 0 aromatic heterocycles. The first-order valence-corrected chi connectivity index (χ1v) is 7.30. The summed E-state index contributed by atoms with van der Waals surface area (Å²) >= 11 is 0. The number of carbonyl (C=O) groups excluding carboxylic acids is 2. The van der Waals surface area contributed by atoms with E-state index < -0.39 is 11.6 Å². The van der Waals surface area contributed by atoms with Gasteiger partial charge in [0, 0.05) is 5.56 Å². The van der Waals surface area contributed by atoms with E-state index in [2.05, 4.69) is 0 Å². The van der Waals surface area contributed by atoms with Crippen LogP contribution in [0.4, 0.5) is 0 Å². The van der Waals surface area contributed by atoms with Crippen LogP contribution in [0.2, 0.25) is 0 Å². The minimum Gasteiger partial charge on any atom is -0.507 e. The number of phenols is 1. The standard InChI is InChI=1S/C19H18O4/c1-3-23-12-16(18(21)14-7-5-4-6-8-14)19(22)15-10-9-13(2)11-17(15)20/h4-12,20H,3H2,1-2H3/b16-12+. The predicted molar refractivity (Wildman–Crippen MR) is 87.7 cm³/mol. The SMILES string of the molecule is CCO/C=C(\C(=O)c1ccccc1)C(=O)c1ccc(C)cc1O. The predicted octanol–water partition coefficient (Wildman–Crippen LogP) is 3.69. The lowest BCUT2D eigenvalue weighted by Gasteiger charge is -2.09. The largest absolute Gasteiger partial charge is 0.507 e. The van der Waals surface area contributed by atoms with E-state index >= 15 is 0 Å². The molecule has 0 heterocycles. The summed E-state index contributed by atoms with van der Waals surface area (Å²) in [4.78, 5) is 25.3. The summed E-state index contributed by atoms with van der Waals surface area (Å²) in [5, 5.41) is 9.99. The van der Waals surface area contributed by atoms with E-state index in [0.29, 0.717) is 12.2 Å². The Morgan fingerprint density at radius 2 is 1.78 bits per heavy atom. The van der Waals surface area contributed by atoms with Crippen molar-refractivity contribution in [2.75, 3.05) is 6.61 Å². The zero-order chi connectivity index (χ0) is 16.8. The molecule has 2 aromatic carbocycles. The number of allylic oxidation sites excluding steroid dienone is 1. The van der Waals surface area contributed by atoms with Crippen LogP contribution in [0.25, 0.3) is 0 Å². The molecule has 0 radical (unpaired) electrons. The van der Waals surface area contributed by atoms with Gasteiger partial charge in [0.1, 0.15) is 11.3 Å². The highest BCUT2D eigenvalue weighted by Crippen LogP contribution is 2.23. The molecule has 0 saturated heterocycles. The van der Waals surface area contributed by atoms with Crippen molar-refractivity contribution in [1.29, 1.82) is 0 Å². The number of benzene rings is 2. The van der Waals surface area contributed by atoms with E-state index in [-0.39, 0.29) is 16.9 Å². The van der Waals surface area contributed by atoms with Gasteiger partial charge >= 0.3 is 0 Å². The van der Waals surface area contributed by atoms with Gasteiger partial charge in [-0.05, 0) is 31.5 Å². The Bertz CT molecular complexity index is 745. The number of hydrogen-bond donors (Lipinski definition) is 1. The molecular weight excluding hydrogens is 292 g/mol. The van der Waals surface area contributed by atoms with Crippen molar-refractivity contribution in [3.8, 4) is 5.75 Å². The molecule has 0 aliphatic carbocycles. The summed E-state index contributed by atoms with van der Waals surface area (Å²) in [6, 6.07) is 13.2. The second-order valence-electron chi connectivity index (χ2n) is 5.03. The van der Waals surface area contributed by atoms with Gasteiger partial charge in [-0.2, -0.15) is 0 Å². The molecule has 23 heavy (non-hydrogen) atoms. The summed E-state index contributed by atoms with van der Waals surface area (Å²) in [5.74, 6) is -1.16. The Hall–Kier alpha value is -2.88. The molecule has 0 atom stereocenters. The van der Waals surface area contributed by atoms with Gasteiger partial charge in [0.15, 0.2) is 5.78 Å². The van der Waals surface area contributed by atoms with Crippen LogP contribution in [-0.4, -0.2) is 23.3 Å². The fraction of sp³-hybridized carbons (Fsp3) is 0.158. The number of phenolic OH excluding ortho intramolecular Hbond substituents is 1. The van der Waals surface area contributed by atoms with Gasteiger partial charge in [-0.15, -0.1) is 0 Å². The maximum absolute atomic E-state index is 12.7. The molecule has 0 bridgehead atoms. The summed E-state index contributed by atoms with van der Waals surface area (Å²) in [6.07, 6.45) is 1.16. The first-order valence-electron chi connectivity index (χ1n) is 7.30. The normalized spacial score (nSPS) is 11.1. The smallest absolute Gasteiger partial charge is 0.203 e. The zero-order valence-corrected chi connectivity index (χ0v) is 13.1. The van der Waals surface area contributed by atoms with E-state index in [1.54, 1.807) is 50.2 Å². The number of aromatic hydroxyl groups is 1. The van der Waals surface area contributed by atoms with Crippen LogP contribution in [0.5, 0.6) is 5.75 Å². The summed E-state index contributed by atoms with van der Waals surface area (Å²) < 4.78 is 5.16. The van der Waals surface area contributed by atoms with Gasteiger partial charge in [0.05, 0.1) is 18.4 Å². The highest BCUT2D eigenvalue weighted by Gasteiger charge is 2.24. The summed E-state index contributed by atoms with van der Waals surface area (Å²) in [7, 11) is 0.